The van der Waals surface area contributed by atoms with Crippen LogP contribution in [-0.4, -0.2) is 15.6 Å². The third-order valence-electron chi connectivity index (χ3n) is 3.51. The van der Waals surface area contributed by atoms with Crippen molar-refractivity contribution in [2.45, 2.75) is 6.92 Å². The van der Waals surface area contributed by atoms with Gasteiger partial charge >= 0.3 is 0 Å². The van der Waals surface area contributed by atoms with Crippen LogP contribution in [0.4, 0.5) is 5.69 Å². The Labute approximate surface area is 130 Å². The molecule has 1 aromatic carbocycles. The molecule has 112 valence electrons. The number of thiophene rings is 1. The summed E-state index contributed by atoms with van der Waals surface area (Å²) >= 11 is 1.36. The smallest absolute Gasteiger partial charge is 0.268 e. The second-order valence-corrected chi connectivity index (χ2v) is 5.86. The molecule has 0 saturated heterocycles. The van der Waals surface area contributed by atoms with E-state index in [9.17, 15) is 14.7 Å². The number of aromatic hydroxyl groups is 1. The van der Waals surface area contributed by atoms with Crippen LogP contribution in [0, 0.1) is 6.92 Å². The molecule has 5 nitrogen and oxygen atoms in total. The molecule has 0 aliphatic rings. The van der Waals surface area contributed by atoms with Crippen molar-refractivity contribution in [1.82, 2.24) is 4.57 Å². The third kappa shape index (κ3) is 2.17. The molecule has 0 spiro atoms. The van der Waals surface area contributed by atoms with Crippen molar-refractivity contribution in [2.24, 2.45) is 7.05 Å². The molecule has 0 bridgehead atoms. The molecular weight excluding hydrogens is 300 g/mol. The molecule has 2 N–H and O–H groups in total. The zero-order chi connectivity index (χ0) is 15.9. The zero-order valence-electron chi connectivity index (χ0n) is 12.1. The lowest BCUT2D eigenvalue weighted by Gasteiger charge is -2.10. The van der Waals surface area contributed by atoms with Crippen molar-refractivity contribution < 1.29 is 9.90 Å². The van der Waals surface area contributed by atoms with Gasteiger partial charge in [-0.2, -0.15) is 0 Å². The number of nitrogens with one attached hydrogen (secondary N) is 1. The topological polar surface area (TPSA) is 71.3 Å². The minimum absolute atomic E-state index is 0.236. The number of hydrogen-bond donors (Lipinski definition) is 2. The van der Waals surface area contributed by atoms with Gasteiger partial charge in [0.25, 0.3) is 11.5 Å². The molecule has 0 saturated carbocycles. The fraction of sp³-hybridized carbons (Fsp3) is 0.125. The lowest BCUT2D eigenvalue weighted by atomic mass is 10.1. The fourth-order valence-corrected chi connectivity index (χ4v) is 3.39. The summed E-state index contributed by atoms with van der Waals surface area (Å²) < 4.78 is 1.40. The van der Waals surface area contributed by atoms with E-state index in [1.54, 1.807) is 31.3 Å². The van der Waals surface area contributed by atoms with Crippen LogP contribution >= 0.6 is 11.3 Å². The minimum atomic E-state index is -0.614. The number of anilines is 1. The number of rotatable bonds is 2. The van der Waals surface area contributed by atoms with Crippen molar-refractivity contribution >= 4 is 33.1 Å². The van der Waals surface area contributed by atoms with Crippen LogP contribution in [0.25, 0.3) is 10.2 Å². The van der Waals surface area contributed by atoms with Crippen LogP contribution in [0.5, 0.6) is 5.75 Å². The Bertz CT molecular complexity index is 926. The average Bonchev–Trinajstić information content (AvgIpc) is 2.88. The number of nitrogens with zero attached hydrogens (tertiary/aromatic N) is 1. The monoisotopic (exact) mass is 314 g/mol. The Hall–Kier alpha value is -2.60. The molecule has 2 heterocycles. The van der Waals surface area contributed by atoms with E-state index in [-0.39, 0.29) is 11.3 Å². The van der Waals surface area contributed by atoms with E-state index in [1.807, 2.05) is 18.4 Å². The first kappa shape index (κ1) is 14.3. The first-order valence-corrected chi connectivity index (χ1v) is 7.55. The van der Waals surface area contributed by atoms with Crippen LogP contribution < -0.4 is 10.9 Å². The van der Waals surface area contributed by atoms with Gasteiger partial charge in [0.15, 0.2) is 0 Å². The SMILES string of the molecule is Cc1csc2c1c(O)c(C(=O)Nc1ccccc1)c(=O)n2C. The third-order valence-corrected chi connectivity index (χ3v) is 4.68. The first-order valence-electron chi connectivity index (χ1n) is 6.67. The number of pyridine rings is 1. The molecule has 0 fully saturated rings. The lowest BCUT2D eigenvalue weighted by molar-refractivity contribution is 0.102. The molecule has 0 aliphatic heterocycles. The molecule has 0 atom stereocenters. The zero-order valence-corrected chi connectivity index (χ0v) is 12.9. The number of benzene rings is 1. The van der Waals surface area contributed by atoms with E-state index in [0.29, 0.717) is 15.9 Å². The normalized spacial score (nSPS) is 10.8. The highest BCUT2D eigenvalue weighted by molar-refractivity contribution is 7.17. The van der Waals surface area contributed by atoms with Crippen LogP contribution in [0.2, 0.25) is 0 Å². The van der Waals surface area contributed by atoms with Gasteiger partial charge in [-0.1, -0.05) is 18.2 Å². The Morgan fingerprint density at radius 1 is 1.27 bits per heavy atom. The predicted molar refractivity (Wildman–Crippen MR) is 87.9 cm³/mol. The van der Waals surface area contributed by atoms with E-state index in [0.717, 1.165) is 5.56 Å². The van der Waals surface area contributed by atoms with Crippen molar-refractivity contribution in [3.63, 3.8) is 0 Å². The number of aromatic nitrogens is 1. The van der Waals surface area contributed by atoms with Gasteiger partial charge in [0.05, 0.1) is 5.39 Å². The van der Waals surface area contributed by atoms with E-state index in [1.165, 1.54) is 15.9 Å². The van der Waals surface area contributed by atoms with Gasteiger partial charge in [0.2, 0.25) is 0 Å². The van der Waals surface area contributed by atoms with E-state index < -0.39 is 11.5 Å². The van der Waals surface area contributed by atoms with Crippen molar-refractivity contribution in [2.75, 3.05) is 5.32 Å². The number of hydrogen-bond acceptors (Lipinski definition) is 4. The fourth-order valence-electron chi connectivity index (χ4n) is 2.37. The largest absolute Gasteiger partial charge is 0.506 e. The van der Waals surface area contributed by atoms with Gasteiger partial charge in [-0.3, -0.25) is 9.59 Å². The number of aryl methyl sites for hydroxylation is 2. The van der Waals surface area contributed by atoms with Gasteiger partial charge < -0.3 is 15.0 Å². The second kappa shape index (κ2) is 5.31. The minimum Gasteiger partial charge on any atom is -0.506 e. The molecule has 2 aromatic heterocycles. The Balaban J connectivity index is 2.16. The molecule has 3 aromatic rings. The van der Waals surface area contributed by atoms with Crippen LogP contribution in [0.15, 0.2) is 40.5 Å². The standard InChI is InChI=1S/C16H14N2O3S/c1-9-8-22-16-11(9)13(19)12(15(21)18(16)2)14(20)17-10-6-4-3-5-7-10/h3-8,19H,1-2H3,(H,17,20). The lowest BCUT2D eigenvalue weighted by Crippen LogP contribution is -2.27. The van der Waals surface area contributed by atoms with Crippen molar-refractivity contribution in [3.8, 4) is 5.75 Å². The summed E-state index contributed by atoms with van der Waals surface area (Å²) in [6, 6.07) is 8.81. The molecule has 22 heavy (non-hydrogen) atoms. The Morgan fingerprint density at radius 3 is 2.64 bits per heavy atom. The Kier molecular flexibility index (Phi) is 3.46. The van der Waals surface area contributed by atoms with Gasteiger partial charge in [-0.05, 0) is 30.0 Å². The molecule has 0 radical (unpaired) electrons. The number of fused-ring (bicyclic) bond motifs is 1. The predicted octanol–water partition coefficient (Wildman–Crippen LogP) is 2.87. The number of carbonyl (C=O) groups excluding carboxylic acids is 1. The highest BCUT2D eigenvalue weighted by atomic mass is 32.1. The average molecular weight is 314 g/mol. The van der Waals surface area contributed by atoms with Crippen molar-refractivity contribution in [1.29, 1.82) is 0 Å². The van der Waals surface area contributed by atoms with Crippen LogP contribution in [0.3, 0.4) is 0 Å². The maximum atomic E-state index is 12.4. The van der Waals surface area contributed by atoms with Gasteiger partial charge in [0, 0.05) is 12.7 Å². The van der Waals surface area contributed by atoms with Gasteiger partial charge in [-0.25, -0.2) is 0 Å². The second-order valence-electron chi connectivity index (χ2n) is 5.01. The van der Waals surface area contributed by atoms with Crippen LogP contribution in [0.1, 0.15) is 15.9 Å². The summed E-state index contributed by atoms with van der Waals surface area (Å²) in [5, 5.41) is 15.4. The maximum absolute atomic E-state index is 12.4. The van der Waals surface area contributed by atoms with E-state index >= 15 is 0 Å². The summed E-state index contributed by atoms with van der Waals surface area (Å²) in [6.07, 6.45) is 0. The molecular formula is C16H14N2O3S. The van der Waals surface area contributed by atoms with E-state index in [2.05, 4.69) is 5.32 Å². The molecule has 6 heteroatoms. The highest BCUT2D eigenvalue weighted by Gasteiger charge is 2.23. The maximum Gasteiger partial charge on any atom is 0.268 e. The summed E-state index contributed by atoms with van der Waals surface area (Å²) in [5.74, 6) is -0.873. The Morgan fingerprint density at radius 2 is 1.95 bits per heavy atom. The number of carbonyl (C=O) groups is 1. The summed E-state index contributed by atoms with van der Waals surface area (Å²) in [6.45, 7) is 1.84. The first-order chi connectivity index (χ1) is 10.5. The molecule has 0 aliphatic carbocycles. The summed E-state index contributed by atoms with van der Waals surface area (Å²) in [4.78, 5) is 25.4. The quantitative estimate of drug-likeness (QED) is 0.764. The van der Waals surface area contributed by atoms with Gasteiger partial charge in [-0.15, -0.1) is 11.3 Å². The number of amides is 1. The summed E-state index contributed by atoms with van der Waals surface area (Å²) in [7, 11) is 1.60. The molecule has 0 unspecified atom stereocenters. The van der Waals surface area contributed by atoms with E-state index in [4.69, 9.17) is 0 Å². The molecule has 3 rings (SSSR count). The highest BCUT2D eigenvalue weighted by Crippen LogP contribution is 2.33. The number of para-hydroxylation sites is 1. The van der Waals surface area contributed by atoms with Crippen LogP contribution in [-0.2, 0) is 7.05 Å². The van der Waals surface area contributed by atoms with Gasteiger partial charge in [0.1, 0.15) is 16.1 Å². The van der Waals surface area contributed by atoms with Crippen molar-refractivity contribution in [3.05, 3.63) is 57.2 Å². The molecule has 1 amide bonds. The summed E-state index contributed by atoms with van der Waals surface area (Å²) in [5.41, 5.74) is 0.651.